The van der Waals surface area contributed by atoms with Crippen molar-refractivity contribution in [3.05, 3.63) is 48.1 Å². The van der Waals surface area contributed by atoms with Crippen LogP contribution in [0.25, 0.3) is 16.2 Å². The third kappa shape index (κ3) is 1.76. The van der Waals surface area contributed by atoms with Crippen molar-refractivity contribution in [1.82, 2.24) is 4.57 Å². The van der Waals surface area contributed by atoms with E-state index in [1.807, 2.05) is 6.07 Å². The average Bonchev–Trinajstić information content (AvgIpc) is 2.83. The molecule has 0 aliphatic rings. The molecule has 3 aromatic rings. The maximum atomic E-state index is 2.22. The molecule has 0 amide bonds. The first-order valence-electron chi connectivity index (χ1n) is 4.86. The van der Waals surface area contributed by atoms with Gasteiger partial charge in [-0.3, -0.25) is 0 Å². The molecule has 0 atom stereocenters. The van der Waals surface area contributed by atoms with Crippen LogP contribution in [-0.4, -0.2) is 4.57 Å². The number of rotatable bonds is 1. The van der Waals surface area contributed by atoms with Crippen LogP contribution < -0.4 is 28.4 Å². The molecule has 0 aliphatic carbocycles. The van der Waals surface area contributed by atoms with E-state index in [1.54, 1.807) is 11.3 Å². The third-order valence-corrected chi connectivity index (χ3v) is 3.55. The Kier molecular flexibility index (Phi) is 3.30. The van der Waals surface area contributed by atoms with Gasteiger partial charge in [0.1, 0.15) is 12.4 Å². The Morgan fingerprint density at radius 3 is 2.62 bits per heavy atom. The SMILES string of the molecule is Cn1c(-c2ccccc2)c[n+]2ccsc12.[I-]. The molecule has 3 rings (SSSR count). The zero-order valence-corrected chi connectivity index (χ0v) is 11.8. The van der Waals surface area contributed by atoms with Crippen LogP contribution in [0.3, 0.4) is 0 Å². The van der Waals surface area contributed by atoms with E-state index in [4.69, 9.17) is 0 Å². The summed E-state index contributed by atoms with van der Waals surface area (Å²) in [7, 11) is 2.11. The van der Waals surface area contributed by atoms with Crippen molar-refractivity contribution in [2.24, 2.45) is 7.05 Å². The summed E-state index contributed by atoms with van der Waals surface area (Å²) in [5.74, 6) is 0. The molecule has 2 aromatic heterocycles. The maximum absolute atomic E-state index is 2.22. The van der Waals surface area contributed by atoms with Gasteiger partial charge in [-0.2, -0.15) is 4.40 Å². The minimum atomic E-state index is 0. The summed E-state index contributed by atoms with van der Waals surface area (Å²) in [5, 5.41) is 2.10. The Bertz CT molecular complexity index is 598. The fourth-order valence-corrected chi connectivity index (χ4v) is 2.64. The van der Waals surface area contributed by atoms with Crippen LogP contribution in [0.5, 0.6) is 0 Å². The number of aromatic nitrogens is 2. The second kappa shape index (κ2) is 4.55. The second-order valence-electron chi connectivity index (χ2n) is 3.53. The maximum Gasteiger partial charge on any atom is 0.345 e. The summed E-state index contributed by atoms with van der Waals surface area (Å²) in [6.45, 7) is 0. The highest BCUT2D eigenvalue weighted by Gasteiger charge is 2.15. The average molecular weight is 342 g/mol. The minimum absolute atomic E-state index is 0. The van der Waals surface area contributed by atoms with E-state index >= 15 is 0 Å². The fraction of sp³-hybridized carbons (Fsp3) is 0.0833. The first-order valence-corrected chi connectivity index (χ1v) is 5.74. The van der Waals surface area contributed by atoms with Crippen LogP contribution in [0.15, 0.2) is 48.1 Å². The number of halogens is 1. The van der Waals surface area contributed by atoms with Crippen molar-refractivity contribution in [1.29, 1.82) is 0 Å². The predicted molar refractivity (Wildman–Crippen MR) is 61.9 cm³/mol. The molecule has 0 saturated heterocycles. The second-order valence-corrected chi connectivity index (χ2v) is 4.41. The number of thiazole rings is 1. The van der Waals surface area contributed by atoms with E-state index < -0.39 is 0 Å². The molecule has 0 N–H and O–H groups in total. The van der Waals surface area contributed by atoms with Gasteiger partial charge < -0.3 is 24.0 Å². The zero-order chi connectivity index (χ0) is 10.3. The van der Waals surface area contributed by atoms with Crippen molar-refractivity contribution in [3.63, 3.8) is 0 Å². The van der Waals surface area contributed by atoms with E-state index in [2.05, 4.69) is 58.1 Å². The Morgan fingerprint density at radius 2 is 1.94 bits per heavy atom. The van der Waals surface area contributed by atoms with Crippen LogP contribution in [0, 0.1) is 0 Å². The molecule has 0 fully saturated rings. The van der Waals surface area contributed by atoms with Gasteiger partial charge in [0.25, 0.3) is 0 Å². The lowest BCUT2D eigenvalue weighted by molar-refractivity contribution is -0.505. The third-order valence-electron chi connectivity index (χ3n) is 2.60. The van der Waals surface area contributed by atoms with Crippen molar-refractivity contribution in [2.45, 2.75) is 0 Å². The van der Waals surface area contributed by atoms with Crippen molar-refractivity contribution in [2.75, 3.05) is 0 Å². The van der Waals surface area contributed by atoms with Gasteiger partial charge in [-0.25, -0.2) is 4.57 Å². The lowest BCUT2D eigenvalue weighted by Crippen LogP contribution is -3.00. The molecule has 1 aromatic carbocycles. The van der Waals surface area contributed by atoms with Crippen LogP contribution in [-0.2, 0) is 7.05 Å². The molecule has 0 unspecified atom stereocenters. The number of benzene rings is 1. The summed E-state index contributed by atoms with van der Waals surface area (Å²) >= 11 is 1.76. The summed E-state index contributed by atoms with van der Waals surface area (Å²) in [4.78, 5) is 1.26. The first-order chi connectivity index (χ1) is 7.36. The molecule has 0 radical (unpaired) electrons. The molecule has 0 bridgehead atoms. The lowest BCUT2D eigenvalue weighted by atomic mass is 10.2. The van der Waals surface area contributed by atoms with Gasteiger partial charge in [-0.1, -0.05) is 41.7 Å². The summed E-state index contributed by atoms with van der Waals surface area (Å²) in [6.07, 6.45) is 4.26. The largest absolute Gasteiger partial charge is 1.00 e. The summed E-state index contributed by atoms with van der Waals surface area (Å²) in [5.41, 5.74) is 2.51. The van der Waals surface area contributed by atoms with Crippen LogP contribution in [0.4, 0.5) is 0 Å². The quantitative estimate of drug-likeness (QED) is 0.417. The Morgan fingerprint density at radius 1 is 1.19 bits per heavy atom. The highest BCUT2D eigenvalue weighted by atomic mass is 127. The number of nitrogens with zero attached hydrogens (tertiary/aromatic N) is 2. The molecular weight excluding hydrogens is 331 g/mol. The highest BCUT2D eigenvalue weighted by Crippen LogP contribution is 2.20. The molecule has 0 spiro atoms. The van der Waals surface area contributed by atoms with E-state index in [0.29, 0.717) is 0 Å². The van der Waals surface area contributed by atoms with Gasteiger partial charge in [0.05, 0.1) is 7.05 Å². The molecule has 16 heavy (non-hydrogen) atoms. The summed E-state index contributed by atoms with van der Waals surface area (Å²) in [6, 6.07) is 10.5. The highest BCUT2D eigenvalue weighted by molar-refractivity contribution is 7.14. The van der Waals surface area contributed by atoms with Gasteiger partial charge in [0.15, 0.2) is 5.69 Å². The zero-order valence-electron chi connectivity index (χ0n) is 8.80. The van der Waals surface area contributed by atoms with E-state index in [0.717, 1.165) is 0 Å². The lowest BCUT2D eigenvalue weighted by Gasteiger charge is -1.94. The monoisotopic (exact) mass is 342 g/mol. The fourth-order valence-electron chi connectivity index (χ4n) is 1.83. The molecule has 2 nitrogen and oxygen atoms in total. The molecule has 82 valence electrons. The van der Waals surface area contributed by atoms with Gasteiger partial charge in [0.2, 0.25) is 0 Å². The van der Waals surface area contributed by atoms with Crippen LogP contribution >= 0.6 is 11.3 Å². The van der Waals surface area contributed by atoms with Crippen molar-refractivity contribution in [3.8, 4) is 11.3 Å². The Hall–Kier alpha value is -0.880. The Labute approximate surface area is 115 Å². The van der Waals surface area contributed by atoms with Gasteiger partial charge >= 0.3 is 4.96 Å². The number of fused-ring (bicyclic) bond motifs is 1. The minimum Gasteiger partial charge on any atom is -1.00 e. The molecular formula is C12H11IN2S. The topological polar surface area (TPSA) is 9.03 Å². The number of hydrogen-bond acceptors (Lipinski definition) is 1. The van der Waals surface area contributed by atoms with E-state index in [-0.39, 0.29) is 24.0 Å². The van der Waals surface area contributed by atoms with Crippen LogP contribution in [0.2, 0.25) is 0 Å². The smallest absolute Gasteiger partial charge is 0.345 e. The normalized spacial score (nSPS) is 10.3. The first kappa shape index (κ1) is 11.6. The number of hydrogen-bond donors (Lipinski definition) is 0. The molecule has 0 aliphatic heterocycles. The number of aryl methyl sites for hydroxylation is 1. The number of imidazole rings is 1. The Balaban J connectivity index is 0.000000963. The molecule has 2 heterocycles. The van der Waals surface area contributed by atoms with E-state index in [9.17, 15) is 0 Å². The van der Waals surface area contributed by atoms with Gasteiger partial charge in [-0.15, -0.1) is 0 Å². The van der Waals surface area contributed by atoms with Gasteiger partial charge in [-0.05, 0) is 0 Å². The van der Waals surface area contributed by atoms with E-state index in [1.165, 1.54) is 16.2 Å². The van der Waals surface area contributed by atoms with Crippen LogP contribution in [0.1, 0.15) is 0 Å². The standard InChI is InChI=1S/C12H11N2S.HI/c1-13-11(10-5-3-2-4-6-10)9-14-7-8-15-12(13)14;/h2-9H,1H3;1H/q+1;/p-1. The molecule has 4 heteroatoms. The van der Waals surface area contributed by atoms with Crippen molar-refractivity contribution >= 4 is 16.3 Å². The van der Waals surface area contributed by atoms with Gasteiger partial charge in [0, 0.05) is 10.9 Å². The molecule has 0 saturated carbocycles. The summed E-state index contributed by atoms with van der Waals surface area (Å²) < 4.78 is 4.38. The van der Waals surface area contributed by atoms with Crippen molar-refractivity contribution < 1.29 is 28.4 Å². The predicted octanol–water partition coefficient (Wildman–Crippen LogP) is -0.504.